The lowest BCUT2D eigenvalue weighted by atomic mass is 10.3. The van der Waals surface area contributed by atoms with Crippen molar-refractivity contribution in [2.45, 2.75) is 19.9 Å². The molecule has 98 valence electrons. The number of hydrogen-bond acceptors (Lipinski definition) is 3. The SMILES string of the molecule is CCOCCCNCc1nc2ccccc2n1C. The lowest BCUT2D eigenvalue weighted by molar-refractivity contribution is 0.144. The average molecular weight is 247 g/mol. The molecule has 0 aliphatic rings. The summed E-state index contributed by atoms with van der Waals surface area (Å²) in [6.45, 7) is 5.41. The van der Waals surface area contributed by atoms with E-state index in [2.05, 4.69) is 28.0 Å². The standard InChI is InChI=1S/C14H21N3O/c1-3-18-10-6-9-15-11-14-16-12-7-4-5-8-13(12)17(14)2/h4-5,7-8,15H,3,6,9-11H2,1-2H3. The van der Waals surface area contributed by atoms with E-state index in [9.17, 15) is 0 Å². The Balaban J connectivity index is 1.86. The van der Waals surface area contributed by atoms with Gasteiger partial charge in [-0.2, -0.15) is 0 Å². The Hall–Kier alpha value is -1.39. The fourth-order valence-corrected chi connectivity index (χ4v) is 2.00. The summed E-state index contributed by atoms with van der Waals surface area (Å²) in [6.07, 6.45) is 1.04. The molecule has 1 heterocycles. The van der Waals surface area contributed by atoms with Gasteiger partial charge in [0.25, 0.3) is 0 Å². The van der Waals surface area contributed by atoms with Crippen LogP contribution in [0.3, 0.4) is 0 Å². The van der Waals surface area contributed by atoms with Gasteiger partial charge in [0.1, 0.15) is 5.82 Å². The summed E-state index contributed by atoms with van der Waals surface area (Å²) >= 11 is 0. The number of nitrogens with zero attached hydrogens (tertiary/aromatic N) is 2. The van der Waals surface area contributed by atoms with Gasteiger partial charge in [0.2, 0.25) is 0 Å². The quantitative estimate of drug-likeness (QED) is 0.761. The van der Waals surface area contributed by atoms with E-state index >= 15 is 0 Å². The number of rotatable bonds is 7. The van der Waals surface area contributed by atoms with Gasteiger partial charge in [0, 0.05) is 20.3 Å². The summed E-state index contributed by atoms with van der Waals surface area (Å²) in [6, 6.07) is 8.22. The molecule has 1 aromatic carbocycles. The Kier molecular flexibility index (Phi) is 4.73. The third-order valence-electron chi connectivity index (χ3n) is 3.01. The van der Waals surface area contributed by atoms with Crippen LogP contribution in [0.15, 0.2) is 24.3 Å². The van der Waals surface area contributed by atoms with E-state index in [1.54, 1.807) is 0 Å². The molecule has 4 nitrogen and oxygen atoms in total. The first-order valence-electron chi connectivity index (χ1n) is 6.51. The summed E-state index contributed by atoms with van der Waals surface area (Å²) in [5.74, 6) is 1.08. The minimum Gasteiger partial charge on any atom is -0.382 e. The minimum absolute atomic E-state index is 0.796. The van der Waals surface area contributed by atoms with E-state index in [1.165, 1.54) is 5.52 Å². The van der Waals surface area contributed by atoms with Gasteiger partial charge in [0.15, 0.2) is 0 Å². The molecular weight excluding hydrogens is 226 g/mol. The van der Waals surface area contributed by atoms with E-state index < -0.39 is 0 Å². The molecule has 1 aromatic heterocycles. The summed E-state index contributed by atoms with van der Waals surface area (Å²) < 4.78 is 7.44. The highest BCUT2D eigenvalue weighted by Crippen LogP contribution is 2.13. The first-order valence-corrected chi connectivity index (χ1v) is 6.51. The van der Waals surface area contributed by atoms with Crippen molar-refractivity contribution in [3.8, 4) is 0 Å². The van der Waals surface area contributed by atoms with Gasteiger partial charge in [-0.05, 0) is 32.0 Å². The van der Waals surface area contributed by atoms with Crippen molar-refractivity contribution in [3.63, 3.8) is 0 Å². The van der Waals surface area contributed by atoms with Crippen LogP contribution in [0.4, 0.5) is 0 Å². The molecule has 0 radical (unpaired) electrons. The van der Waals surface area contributed by atoms with Crippen LogP contribution in [0.5, 0.6) is 0 Å². The zero-order valence-corrected chi connectivity index (χ0v) is 11.1. The predicted octanol–water partition coefficient (Wildman–Crippen LogP) is 2.09. The van der Waals surface area contributed by atoms with Crippen LogP contribution in [0.2, 0.25) is 0 Å². The molecule has 0 aliphatic carbocycles. The van der Waals surface area contributed by atoms with Crippen LogP contribution >= 0.6 is 0 Å². The van der Waals surface area contributed by atoms with Gasteiger partial charge in [0.05, 0.1) is 17.6 Å². The molecule has 4 heteroatoms. The summed E-state index contributed by atoms with van der Waals surface area (Å²) in [7, 11) is 2.06. The van der Waals surface area contributed by atoms with Gasteiger partial charge in [-0.3, -0.25) is 0 Å². The number of fused-ring (bicyclic) bond motifs is 1. The van der Waals surface area contributed by atoms with E-state index in [0.717, 1.165) is 44.1 Å². The zero-order chi connectivity index (χ0) is 12.8. The Morgan fingerprint density at radius 1 is 1.33 bits per heavy atom. The normalized spacial score (nSPS) is 11.2. The summed E-state index contributed by atoms with van der Waals surface area (Å²) in [5, 5.41) is 3.40. The van der Waals surface area contributed by atoms with Gasteiger partial charge in [-0.15, -0.1) is 0 Å². The first-order chi connectivity index (χ1) is 8.83. The fraction of sp³-hybridized carbons (Fsp3) is 0.500. The smallest absolute Gasteiger partial charge is 0.123 e. The second-order valence-electron chi connectivity index (χ2n) is 4.30. The molecule has 0 bridgehead atoms. The maximum atomic E-state index is 5.30. The Labute approximate surface area is 108 Å². The highest BCUT2D eigenvalue weighted by Gasteiger charge is 2.05. The van der Waals surface area contributed by atoms with Gasteiger partial charge in [-0.1, -0.05) is 12.1 Å². The molecule has 0 saturated carbocycles. The monoisotopic (exact) mass is 247 g/mol. The molecule has 0 aliphatic heterocycles. The van der Waals surface area contributed by atoms with Crippen LogP contribution in [0.1, 0.15) is 19.2 Å². The highest BCUT2D eigenvalue weighted by atomic mass is 16.5. The largest absolute Gasteiger partial charge is 0.382 e. The number of aromatic nitrogens is 2. The Bertz CT molecular complexity index is 493. The number of imidazole rings is 1. The Morgan fingerprint density at radius 2 is 2.17 bits per heavy atom. The van der Waals surface area contributed by atoms with Crippen LogP contribution in [0, 0.1) is 0 Å². The van der Waals surface area contributed by atoms with E-state index in [1.807, 2.05) is 25.1 Å². The van der Waals surface area contributed by atoms with Crippen molar-refractivity contribution in [2.24, 2.45) is 7.05 Å². The van der Waals surface area contributed by atoms with Crippen LogP contribution in [0.25, 0.3) is 11.0 Å². The first kappa shape index (κ1) is 13.1. The molecule has 0 amide bonds. The number of hydrogen-bond donors (Lipinski definition) is 1. The molecule has 1 N–H and O–H groups in total. The summed E-state index contributed by atoms with van der Waals surface area (Å²) in [4.78, 5) is 4.62. The highest BCUT2D eigenvalue weighted by molar-refractivity contribution is 5.75. The lowest BCUT2D eigenvalue weighted by Gasteiger charge is -2.05. The van der Waals surface area contributed by atoms with Crippen LogP contribution in [-0.4, -0.2) is 29.3 Å². The van der Waals surface area contributed by atoms with E-state index in [0.29, 0.717) is 0 Å². The molecule has 0 spiro atoms. The lowest BCUT2D eigenvalue weighted by Crippen LogP contribution is -2.18. The molecule has 0 saturated heterocycles. The molecule has 0 fully saturated rings. The van der Waals surface area contributed by atoms with Crippen LogP contribution < -0.4 is 5.32 Å². The van der Waals surface area contributed by atoms with Crippen molar-refractivity contribution in [1.29, 1.82) is 0 Å². The van der Waals surface area contributed by atoms with Crippen molar-refractivity contribution < 1.29 is 4.74 Å². The van der Waals surface area contributed by atoms with Gasteiger partial charge in [-0.25, -0.2) is 4.98 Å². The number of nitrogens with one attached hydrogen (secondary N) is 1. The molecule has 0 atom stereocenters. The van der Waals surface area contributed by atoms with Crippen molar-refractivity contribution in [3.05, 3.63) is 30.1 Å². The Morgan fingerprint density at radius 3 is 2.94 bits per heavy atom. The molecule has 0 unspecified atom stereocenters. The maximum absolute atomic E-state index is 5.30. The third kappa shape index (κ3) is 3.09. The maximum Gasteiger partial charge on any atom is 0.123 e. The number of benzene rings is 1. The average Bonchev–Trinajstić information content (AvgIpc) is 2.71. The topological polar surface area (TPSA) is 39.1 Å². The molecule has 2 aromatic rings. The second kappa shape index (κ2) is 6.52. The van der Waals surface area contributed by atoms with Crippen LogP contribution in [-0.2, 0) is 18.3 Å². The summed E-state index contributed by atoms with van der Waals surface area (Å²) in [5.41, 5.74) is 2.25. The molecule has 2 rings (SSSR count). The predicted molar refractivity (Wildman–Crippen MR) is 73.5 cm³/mol. The molecule has 18 heavy (non-hydrogen) atoms. The van der Waals surface area contributed by atoms with Gasteiger partial charge < -0.3 is 14.6 Å². The van der Waals surface area contributed by atoms with Crippen molar-refractivity contribution in [2.75, 3.05) is 19.8 Å². The zero-order valence-electron chi connectivity index (χ0n) is 11.1. The fourth-order valence-electron chi connectivity index (χ4n) is 2.00. The third-order valence-corrected chi connectivity index (χ3v) is 3.01. The van der Waals surface area contributed by atoms with Crippen molar-refractivity contribution >= 4 is 11.0 Å². The molecular formula is C14H21N3O. The minimum atomic E-state index is 0.796. The second-order valence-corrected chi connectivity index (χ2v) is 4.30. The van der Waals surface area contributed by atoms with E-state index in [-0.39, 0.29) is 0 Å². The van der Waals surface area contributed by atoms with E-state index in [4.69, 9.17) is 4.74 Å². The number of para-hydroxylation sites is 2. The van der Waals surface area contributed by atoms with Crippen molar-refractivity contribution in [1.82, 2.24) is 14.9 Å². The number of ether oxygens (including phenoxy) is 1. The van der Waals surface area contributed by atoms with Gasteiger partial charge >= 0.3 is 0 Å². The number of aryl methyl sites for hydroxylation is 1.